The summed E-state index contributed by atoms with van der Waals surface area (Å²) in [7, 11) is 1.64. The molecule has 0 saturated heterocycles. The molecule has 0 radical (unpaired) electrons. The molecule has 112 valence electrons. The molecular formula is C17H27NO2. The lowest BCUT2D eigenvalue weighted by Gasteiger charge is -2.35. The van der Waals surface area contributed by atoms with Crippen LogP contribution in [0.3, 0.4) is 0 Å². The van der Waals surface area contributed by atoms with Gasteiger partial charge in [0.05, 0.1) is 7.11 Å². The number of rotatable bonds is 6. The Balaban J connectivity index is 2.18. The minimum Gasteiger partial charge on any atom is -0.504 e. The molecule has 0 bridgehead atoms. The monoisotopic (exact) mass is 277 g/mol. The van der Waals surface area contributed by atoms with Gasteiger partial charge in [0.25, 0.3) is 0 Å². The topological polar surface area (TPSA) is 32.7 Å². The molecule has 1 aliphatic rings. The second kappa shape index (κ2) is 6.98. The first-order chi connectivity index (χ1) is 9.71. The SMILES string of the molecule is CCCN(CCC)[C@H]1CCc2c(ccc(O)c2OC)C1. The van der Waals surface area contributed by atoms with Gasteiger partial charge in [-0.15, -0.1) is 0 Å². The molecule has 1 aliphatic carbocycles. The highest BCUT2D eigenvalue weighted by atomic mass is 16.5. The van der Waals surface area contributed by atoms with Gasteiger partial charge in [-0.3, -0.25) is 0 Å². The maximum absolute atomic E-state index is 9.87. The van der Waals surface area contributed by atoms with Gasteiger partial charge in [-0.2, -0.15) is 0 Å². The molecule has 1 aromatic rings. The second-order valence-electron chi connectivity index (χ2n) is 5.69. The first kappa shape index (κ1) is 15.2. The Morgan fingerprint density at radius 1 is 1.25 bits per heavy atom. The average Bonchev–Trinajstić information content (AvgIpc) is 2.46. The van der Waals surface area contributed by atoms with Gasteiger partial charge in [-0.1, -0.05) is 19.9 Å². The quantitative estimate of drug-likeness (QED) is 0.865. The zero-order valence-corrected chi connectivity index (χ0v) is 13.0. The van der Waals surface area contributed by atoms with Crippen LogP contribution in [0, 0.1) is 0 Å². The van der Waals surface area contributed by atoms with Crippen LogP contribution in [-0.4, -0.2) is 36.2 Å². The molecule has 0 unspecified atom stereocenters. The fraction of sp³-hybridized carbons (Fsp3) is 0.647. The molecule has 1 aromatic carbocycles. The molecule has 0 saturated carbocycles. The van der Waals surface area contributed by atoms with Gasteiger partial charge in [0.1, 0.15) is 0 Å². The van der Waals surface area contributed by atoms with Gasteiger partial charge in [-0.05, 0) is 56.8 Å². The van der Waals surface area contributed by atoms with Crippen molar-refractivity contribution in [3.05, 3.63) is 23.3 Å². The summed E-state index contributed by atoms with van der Waals surface area (Å²) in [6, 6.07) is 4.47. The zero-order chi connectivity index (χ0) is 14.5. The highest BCUT2D eigenvalue weighted by Crippen LogP contribution is 2.37. The van der Waals surface area contributed by atoms with Gasteiger partial charge in [-0.25, -0.2) is 0 Å². The molecule has 0 aromatic heterocycles. The summed E-state index contributed by atoms with van der Waals surface area (Å²) in [5.41, 5.74) is 2.55. The van der Waals surface area contributed by atoms with E-state index in [-0.39, 0.29) is 5.75 Å². The van der Waals surface area contributed by atoms with Crippen LogP contribution in [0.2, 0.25) is 0 Å². The van der Waals surface area contributed by atoms with Gasteiger partial charge < -0.3 is 14.7 Å². The Morgan fingerprint density at radius 2 is 1.95 bits per heavy atom. The van der Waals surface area contributed by atoms with E-state index in [1.807, 2.05) is 0 Å². The molecule has 0 heterocycles. The van der Waals surface area contributed by atoms with Crippen molar-refractivity contribution in [1.82, 2.24) is 4.90 Å². The molecule has 20 heavy (non-hydrogen) atoms. The van der Waals surface area contributed by atoms with E-state index in [1.165, 1.54) is 37.1 Å². The number of fused-ring (bicyclic) bond motifs is 1. The summed E-state index contributed by atoms with van der Waals surface area (Å²) in [5, 5.41) is 9.87. The predicted molar refractivity (Wildman–Crippen MR) is 82.6 cm³/mol. The fourth-order valence-electron chi connectivity index (χ4n) is 3.38. The number of benzene rings is 1. The molecule has 0 amide bonds. The first-order valence-electron chi connectivity index (χ1n) is 7.83. The largest absolute Gasteiger partial charge is 0.504 e. The summed E-state index contributed by atoms with van der Waals surface area (Å²) < 4.78 is 5.37. The van der Waals surface area contributed by atoms with Crippen molar-refractivity contribution in [2.75, 3.05) is 20.2 Å². The van der Waals surface area contributed by atoms with Crippen molar-refractivity contribution < 1.29 is 9.84 Å². The van der Waals surface area contributed by atoms with E-state index in [0.717, 1.165) is 19.3 Å². The number of nitrogens with zero attached hydrogens (tertiary/aromatic N) is 1. The predicted octanol–water partition coefficient (Wildman–Crippen LogP) is 3.38. The summed E-state index contributed by atoms with van der Waals surface area (Å²) >= 11 is 0. The van der Waals surface area contributed by atoms with Crippen molar-refractivity contribution in [2.24, 2.45) is 0 Å². The second-order valence-corrected chi connectivity index (χ2v) is 5.69. The molecule has 0 spiro atoms. The van der Waals surface area contributed by atoms with Gasteiger partial charge in [0.15, 0.2) is 11.5 Å². The summed E-state index contributed by atoms with van der Waals surface area (Å²) in [4.78, 5) is 2.63. The van der Waals surface area contributed by atoms with Crippen LogP contribution < -0.4 is 4.74 Å². The van der Waals surface area contributed by atoms with Crippen molar-refractivity contribution in [2.45, 2.75) is 52.0 Å². The molecule has 0 aliphatic heterocycles. The lowest BCUT2D eigenvalue weighted by molar-refractivity contribution is 0.179. The van der Waals surface area contributed by atoms with E-state index in [4.69, 9.17) is 4.74 Å². The van der Waals surface area contributed by atoms with Gasteiger partial charge in [0.2, 0.25) is 0 Å². The highest BCUT2D eigenvalue weighted by molar-refractivity contribution is 5.51. The molecular weight excluding hydrogens is 250 g/mol. The van der Waals surface area contributed by atoms with Crippen molar-refractivity contribution in [1.29, 1.82) is 0 Å². The molecule has 1 atom stereocenters. The van der Waals surface area contributed by atoms with Crippen LogP contribution in [0.25, 0.3) is 0 Å². The number of methoxy groups -OCH3 is 1. The Morgan fingerprint density at radius 3 is 2.55 bits per heavy atom. The third-order valence-corrected chi connectivity index (χ3v) is 4.26. The Bertz CT molecular complexity index is 439. The zero-order valence-electron chi connectivity index (χ0n) is 13.0. The third-order valence-electron chi connectivity index (χ3n) is 4.26. The standard InChI is InChI=1S/C17H27NO2/c1-4-10-18(11-5-2)14-7-8-15-13(12-14)6-9-16(19)17(15)20-3/h6,9,14,19H,4-5,7-8,10-12H2,1-3H3/t14-/m0/s1. The summed E-state index contributed by atoms with van der Waals surface area (Å²) in [6.07, 6.45) is 5.66. The molecule has 0 fully saturated rings. The number of phenols is 1. The van der Waals surface area contributed by atoms with E-state index in [2.05, 4.69) is 24.8 Å². The fourth-order valence-corrected chi connectivity index (χ4v) is 3.38. The Hall–Kier alpha value is -1.22. The van der Waals surface area contributed by atoms with E-state index in [9.17, 15) is 5.11 Å². The van der Waals surface area contributed by atoms with Crippen LogP contribution in [0.4, 0.5) is 0 Å². The van der Waals surface area contributed by atoms with E-state index >= 15 is 0 Å². The van der Waals surface area contributed by atoms with E-state index in [1.54, 1.807) is 13.2 Å². The maximum Gasteiger partial charge on any atom is 0.163 e. The van der Waals surface area contributed by atoms with Gasteiger partial charge >= 0.3 is 0 Å². The highest BCUT2D eigenvalue weighted by Gasteiger charge is 2.26. The van der Waals surface area contributed by atoms with Crippen LogP contribution in [0.1, 0.15) is 44.2 Å². The Kier molecular flexibility index (Phi) is 5.30. The normalized spacial score (nSPS) is 18.1. The van der Waals surface area contributed by atoms with Crippen LogP contribution >= 0.6 is 0 Å². The first-order valence-corrected chi connectivity index (χ1v) is 7.83. The Labute approximate surface area is 122 Å². The van der Waals surface area contributed by atoms with Gasteiger partial charge in [0, 0.05) is 11.6 Å². The van der Waals surface area contributed by atoms with Crippen LogP contribution in [-0.2, 0) is 12.8 Å². The molecule has 3 heteroatoms. The molecule has 2 rings (SSSR count). The lowest BCUT2D eigenvalue weighted by Crippen LogP contribution is -2.40. The van der Waals surface area contributed by atoms with Crippen molar-refractivity contribution in [3.8, 4) is 11.5 Å². The molecule has 3 nitrogen and oxygen atoms in total. The average molecular weight is 277 g/mol. The third kappa shape index (κ3) is 3.09. The summed E-state index contributed by atoms with van der Waals surface area (Å²) in [5.74, 6) is 0.946. The van der Waals surface area contributed by atoms with Crippen LogP contribution in [0.5, 0.6) is 11.5 Å². The smallest absolute Gasteiger partial charge is 0.163 e. The number of aromatic hydroxyl groups is 1. The number of hydrogen-bond acceptors (Lipinski definition) is 3. The number of hydrogen-bond donors (Lipinski definition) is 1. The minimum atomic E-state index is 0.267. The van der Waals surface area contributed by atoms with E-state index in [0.29, 0.717) is 11.8 Å². The maximum atomic E-state index is 9.87. The summed E-state index contributed by atoms with van der Waals surface area (Å²) in [6.45, 7) is 6.87. The number of ether oxygens (including phenoxy) is 1. The van der Waals surface area contributed by atoms with E-state index < -0.39 is 0 Å². The molecule has 1 N–H and O–H groups in total. The van der Waals surface area contributed by atoms with Crippen LogP contribution in [0.15, 0.2) is 12.1 Å². The van der Waals surface area contributed by atoms with Crippen molar-refractivity contribution >= 4 is 0 Å². The lowest BCUT2D eigenvalue weighted by atomic mass is 9.86. The minimum absolute atomic E-state index is 0.267. The number of phenolic OH excluding ortho intramolecular Hbond substituents is 1. The van der Waals surface area contributed by atoms with Crippen molar-refractivity contribution in [3.63, 3.8) is 0 Å².